The summed E-state index contributed by atoms with van der Waals surface area (Å²) in [6, 6.07) is 4.15. The first-order chi connectivity index (χ1) is 11.1. The van der Waals surface area contributed by atoms with Gasteiger partial charge in [0, 0.05) is 25.0 Å². The predicted molar refractivity (Wildman–Crippen MR) is 84.0 cm³/mol. The quantitative estimate of drug-likeness (QED) is 0.767. The average Bonchev–Trinajstić information content (AvgIpc) is 2.81. The summed E-state index contributed by atoms with van der Waals surface area (Å²) >= 11 is 0. The Morgan fingerprint density at radius 2 is 2.00 bits per heavy atom. The number of hydrogen-bond acceptors (Lipinski definition) is 3. The molecule has 0 saturated carbocycles. The lowest BCUT2D eigenvalue weighted by Gasteiger charge is -2.36. The SMILES string of the molecule is CC(C)(C)OC(=O)N1CC[C@H]2Nc3c(cccc3C(F)(F)F)[C@H]2C1. The highest BCUT2D eigenvalue weighted by Crippen LogP contribution is 2.46. The molecule has 24 heavy (non-hydrogen) atoms. The summed E-state index contributed by atoms with van der Waals surface area (Å²) in [4.78, 5) is 13.8. The molecule has 0 radical (unpaired) electrons. The minimum Gasteiger partial charge on any atom is -0.444 e. The van der Waals surface area contributed by atoms with Gasteiger partial charge in [0.2, 0.25) is 0 Å². The van der Waals surface area contributed by atoms with Crippen molar-refractivity contribution in [3.63, 3.8) is 0 Å². The molecule has 2 aliphatic heterocycles. The normalized spacial score (nSPS) is 23.3. The summed E-state index contributed by atoms with van der Waals surface area (Å²) in [5, 5.41) is 3.02. The van der Waals surface area contributed by atoms with Gasteiger partial charge >= 0.3 is 12.3 Å². The van der Waals surface area contributed by atoms with Gasteiger partial charge in [-0.15, -0.1) is 0 Å². The minimum atomic E-state index is -4.39. The summed E-state index contributed by atoms with van der Waals surface area (Å²) in [6.45, 7) is 6.21. The van der Waals surface area contributed by atoms with Crippen molar-refractivity contribution >= 4 is 11.8 Å². The molecule has 0 bridgehead atoms. The van der Waals surface area contributed by atoms with E-state index in [0.717, 1.165) is 6.07 Å². The van der Waals surface area contributed by atoms with E-state index in [1.165, 1.54) is 6.07 Å². The summed E-state index contributed by atoms with van der Waals surface area (Å²) in [6.07, 6.45) is -4.21. The van der Waals surface area contributed by atoms with Crippen LogP contribution in [0.5, 0.6) is 0 Å². The molecule has 2 atom stereocenters. The van der Waals surface area contributed by atoms with Gasteiger partial charge < -0.3 is 15.0 Å². The zero-order chi connectivity index (χ0) is 17.7. The molecule has 1 amide bonds. The van der Waals surface area contributed by atoms with Crippen molar-refractivity contribution in [3.05, 3.63) is 29.3 Å². The van der Waals surface area contributed by atoms with Gasteiger partial charge in [-0.25, -0.2) is 4.79 Å². The van der Waals surface area contributed by atoms with Gasteiger partial charge in [0.15, 0.2) is 0 Å². The van der Waals surface area contributed by atoms with Crippen LogP contribution in [-0.4, -0.2) is 35.7 Å². The fourth-order valence-electron chi connectivity index (χ4n) is 3.39. The first kappa shape index (κ1) is 16.9. The molecule has 0 aliphatic carbocycles. The highest BCUT2D eigenvalue weighted by Gasteiger charge is 2.43. The number of nitrogens with one attached hydrogen (secondary N) is 1. The number of carbonyl (C=O) groups excluding carboxylic acids is 1. The number of likely N-dealkylation sites (tertiary alicyclic amines) is 1. The number of ether oxygens (including phenoxy) is 1. The van der Waals surface area contributed by atoms with E-state index in [4.69, 9.17) is 4.74 Å². The largest absolute Gasteiger partial charge is 0.444 e. The third kappa shape index (κ3) is 3.16. The maximum absolute atomic E-state index is 13.2. The van der Waals surface area contributed by atoms with Gasteiger partial charge in [-0.1, -0.05) is 12.1 Å². The molecule has 0 spiro atoms. The fraction of sp³-hybridized carbons (Fsp3) is 0.588. The van der Waals surface area contributed by atoms with Crippen LogP contribution in [0.2, 0.25) is 0 Å². The summed E-state index contributed by atoms with van der Waals surface area (Å²) in [5.41, 5.74) is -0.448. The number of carbonyl (C=O) groups is 1. The number of amides is 1. The Morgan fingerprint density at radius 1 is 1.29 bits per heavy atom. The fourth-order valence-corrected chi connectivity index (χ4v) is 3.39. The highest BCUT2D eigenvalue weighted by molar-refractivity contribution is 5.70. The van der Waals surface area contributed by atoms with Crippen molar-refractivity contribution in [2.24, 2.45) is 0 Å². The second-order valence-corrected chi connectivity index (χ2v) is 7.34. The molecule has 4 nitrogen and oxygen atoms in total. The number of halogens is 3. The third-order valence-corrected chi connectivity index (χ3v) is 4.40. The van der Waals surface area contributed by atoms with E-state index < -0.39 is 23.4 Å². The van der Waals surface area contributed by atoms with Crippen molar-refractivity contribution in [3.8, 4) is 0 Å². The number of hydrogen-bond donors (Lipinski definition) is 1. The molecule has 132 valence electrons. The van der Waals surface area contributed by atoms with Gasteiger partial charge in [-0.05, 0) is 38.8 Å². The van der Waals surface area contributed by atoms with E-state index in [1.54, 1.807) is 31.7 Å². The van der Waals surface area contributed by atoms with Crippen LogP contribution in [0.15, 0.2) is 18.2 Å². The smallest absolute Gasteiger partial charge is 0.418 e. The number of rotatable bonds is 0. The zero-order valence-corrected chi connectivity index (χ0v) is 13.9. The van der Waals surface area contributed by atoms with Crippen molar-refractivity contribution in [1.29, 1.82) is 0 Å². The molecule has 2 heterocycles. The molecular formula is C17H21F3N2O2. The van der Waals surface area contributed by atoms with Crippen LogP contribution in [-0.2, 0) is 10.9 Å². The van der Waals surface area contributed by atoms with Gasteiger partial charge in [0.1, 0.15) is 5.60 Å². The first-order valence-corrected chi connectivity index (χ1v) is 8.01. The number of nitrogens with zero attached hydrogens (tertiary/aromatic N) is 1. The van der Waals surface area contributed by atoms with Crippen molar-refractivity contribution < 1.29 is 22.7 Å². The van der Waals surface area contributed by atoms with Crippen LogP contribution in [0.25, 0.3) is 0 Å². The van der Waals surface area contributed by atoms with Crippen LogP contribution >= 0.6 is 0 Å². The van der Waals surface area contributed by atoms with E-state index in [0.29, 0.717) is 25.1 Å². The molecule has 1 aromatic carbocycles. The van der Waals surface area contributed by atoms with Crippen molar-refractivity contribution in [2.75, 3.05) is 18.4 Å². The van der Waals surface area contributed by atoms with Gasteiger partial charge in [-0.3, -0.25) is 0 Å². The van der Waals surface area contributed by atoms with Gasteiger partial charge in [-0.2, -0.15) is 13.2 Å². The van der Waals surface area contributed by atoms with Gasteiger partial charge in [0.05, 0.1) is 11.3 Å². The molecule has 1 saturated heterocycles. The van der Waals surface area contributed by atoms with E-state index in [1.807, 2.05) is 0 Å². The van der Waals surface area contributed by atoms with E-state index >= 15 is 0 Å². The average molecular weight is 342 g/mol. The number of fused-ring (bicyclic) bond motifs is 3. The lowest BCUT2D eigenvalue weighted by atomic mass is 9.89. The van der Waals surface area contributed by atoms with E-state index in [2.05, 4.69) is 5.32 Å². The van der Waals surface area contributed by atoms with Crippen LogP contribution in [0.1, 0.15) is 44.2 Å². The molecule has 1 fully saturated rings. The van der Waals surface area contributed by atoms with Crippen LogP contribution < -0.4 is 5.32 Å². The highest BCUT2D eigenvalue weighted by atomic mass is 19.4. The van der Waals surface area contributed by atoms with Crippen LogP contribution in [0, 0.1) is 0 Å². The number of para-hydroxylation sites is 1. The second kappa shape index (κ2) is 5.57. The van der Waals surface area contributed by atoms with E-state index in [9.17, 15) is 18.0 Å². The Kier molecular flexibility index (Phi) is 3.92. The second-order valence-electron chi connectivity index (χ2n) is 7.34. The summed E-state index contributed by atoms with van der Waals surface area (Å²) in [5.74, 6) is -0.149. The number of piperidine rings is 1. The van der Waals surface area contributed by atoms with Crippen LogP contribution in [0.4, 0.5) is 23.7 Å². The molecule has 0 aromatic heterocycles. The van der Waals surface area contributed by atoms with Gasteiger partial charge in [0.25, 0.3) is 0 Å². The number of benzene rings is 1. The number of anilines is 1. The molecule has 2 aliphatic rings. The Balaban J connectivity index is 1.83. The third-order valence-electron chi connectivity index (χ3n) is 4.40. The molecular weight excluding hydrogens is 321 g/mol. The Morgan fingerprint density at radius 3 is 2.62 bits per heavy atom. The summed E-state index contributed by atoms with van der Waals surface area (Å²) in [7, 11) is 0. The molecule has 0 unspecified atom stereocenters. The van der Waals surface area contributed by atoms with Crippen molar-refractivity contribution in [1.82, 2.24) is 4.90 Å². The number of alkyl halides is 3. The maximum Gasteiger partial charge on any atom is 0.418 e. The lowest BCUT2D eigenvalue weighted by molar-refractivity contribution is -0.136. The maximum atomic E-state index is 13.2. The van der Waals surface area contributed by atoms with Crippen molar-refractivity contribution in [2.45, 2.75) is 50.9 Å². The molecule has 7 heteroatoms. The van der Waals surface area contributed by atoms with E-state index in [-0.39, 0.29) is 17.6 Å². The summed E-state index contributed by atoms with van der Waals surface area (Å²) < 4.78 is 44.9. The standard InChI is InChI=1S/C17H21F3N2O2/c1-16(2,3)24-15(23)22-8-7-13-11(9-22)10-5-4-6-12(14(10)21-13)17(18,19)20/h4-6,11,13,21H,7-9H2,1-3H3/t11-,13-/m1/s1. The zero-order valence-electron chi connectivity index (χ0n) is 13.9. The topological polar surface area (TPSA) is 41.6 Å². The van der Waals surface area contributed by atoms with Crippen LogP contribution in [0.3, 0.4) is 0 Å². The molecule has 1 aromatic rings. The Hall–Kier alpha value is -1.92. The predicted octanol–water partition coefficient (Wildman–Crippen LogP) is 4.22. The first-order valence-electron chi connectivity index (χ1n) is 8.01. The monoisotopic (exact) mass is 342 g/mol. The Labute approximate surface area is 139 Å². The minimum absolute atomic E-state index is 0.0813. The lowest BCUT2D eigenvalue weighted by Crippen LogP contribution is -2.46. The molecule has 1 N–H and O–H groups in total. The molecule has 3 rings (SSSR count). The Bertz CT molecular complexity index is 652.